The highest BCUT2D eigenvalue weighted by Gasteiger charge is 2.17. The molecule has 1 aliphatic heterocycles. The Bertz CT molecular complexity index is 894. The van der Waals surface area contributed by atoms with E-state index < -0.39 is 0 Å². The molecule has 3 N–H and O–H groups in total. The lowest BCUT2D eigenvalue weighted by Gasteiger charge is -2.11. The molecule has 0 amide bonds. The Hall–Kier alpha value is -2.34. The molecule has 1 atom stereocenters. The number of aliphatic imine (C=N–C) groups is 1. The molecule has 2 aromatic heterocycles. The summed E-state index contributed by atoms with van der Waals surface area (Å²) in [6.45, 7) is 6.41. The van der Waals surface area contributed by atoms with Crippen LogP contribution in [-0.2, 0) is 6.54 Å². The number of hydrogen-bond acceptors (Lipinski definition) is 5. The van der Waals surface area contributed by atoms with Gasteiger partial charge in [-0.2, -0.15) is 4.98 Å². The minimum atomic E-state index is 0.0830. The highest BCUT2D eigenvalue weighted by atomic mass is 35.5. The summed E-state index contributed by atoms with van der Waals surface area (Å²) >= 11 is 6.21. The SMILES string of the molecule is CCC1=C(Cn2cc(C)c3c(Cl)nc(N)nc32)N=CC(C)C=C1O. The molecule has 0 fully saturated rings. The minimum absolute atomic E-state index is 0.0830. The summed E-state index contributed by atoms with van der Waals surface area (Å²) < 4.78 is 1.94. The van der Waals surface area contributed by atoms with E-state index in [4.69, 9.17) is 17.3 Å². The normalized spacial score (nSPS) is 18.2. The molecular formula is C17H20ClN5O. The van der Waals surface area contributed by atoms with Crippen molar-refractivity contribution in [2.24, 2.45) is 10.9 Å². The second-order valence-electron chi connectivity index (χ2n) is 5.98. The quantitative estimate of drug-likeness (QED) is 0.828. The molecule has 0 bridgehead atoms. The summed E-state index contributed by atoms with van der Waals surface area (Å²) in [7, 11) is 0. The molecular weight excluding hydrogens is 326 g/mol. The lowest BCUT2D eigenvalue weighted by molar-refractivity contribution is 0.414. The molecule has 3 heterocycles. The molecule has 1 unspecified atom stereocenters. The summed E-state index contributed by atoms with van der Waals surface area (Å²) in [5.74, 6) is 0.509. The first kappa shape index (κ1) is 16.5. The fourth-order valence-corrected chi connectivity index (χ4v) is 3.29. The maximum atomic E-state index is 10.3. The van der Waals surface area contributed by atoms with Crippen LogP contribution in [0.5, 0.6) is 0 Å². The molecule has 1 aliphatic rings. The molecule has 6 nitrogen and oxygen atoms in total. The van der Waals surface area contributed by atoms with Gasteiger partial charge in [0.15, 0.2) is 0 Å². The van der Waals surface area contributed by atoms with Crippen LogP contribution in [0.3, 0.4) is 0 Å². The molecule has 0 aromatic carbocycles. The third-order valence-corrected chi connectivity index (χ3v) is 4.37. The fraction of sp³-hybridized carbons (Fsp3) is 0.353. The zero-order valence-corrected chi connectivity index (χ0v) is 14.7. The first-order valence-corrected chi connectivity index (χ1v) is 8.24. The largest absolute Gasteiger partial charge is 0.508 e. The van der Waals surface area contributed by atoms with Crippen molar-refractivity contribution in [2.45, 2.75) is 33.7 Å². The molecule has 2 aromatic rings. The number of allylic oxidation sites excluding steroid dienone is 3. The van der Waals surface area contributed by atoms with Gasteiger partial charge in [-0.25, -0.2) is 4.98 Å². The molecule has 0 aliphatic carbocycles. The topological polar surface area (TPSA) is 89.3 Å². The smallest absolute Gasteiger partial charge is 0.223 e. The van der Waals surface area contributed by atoms with Gasteiger partial charge in [-0.15, -0.1) is 0 Å². The fourth-order valence-electron chi connectivity index (χ4n) is 2.97. The van der Waals surface area contributed by atoms with Crippen molar-refractivity contribution in [3.05, 3.63) is 40.0 Å². The van der Waals surface area contributed by atoms with E-state index in [1.54, 1.807) is 0 Å². The number of nitrogens with zero attached hydrogens (tertiary/aromatic N) is 4. The summed E-state index contributed by atoms with van der Waals surface area (Å²) in [6.07, 6.45) is 6.29. The van der Waals surface area contributed by atoms with Gasteiger partial charge in [0.1, 0.15) is 16.6 Å². The number of fused-ring (bicyclic) bond motifs is 1. The number of aliphatic hydroxyl groups is 1. The Balaban J connectivity index is 2.13. The number of halogens is 1. The van der Waals surface area contributed by atoms with E-state index in [1.807, 2.05) is 43.8 Å². The first-order chi connectivity index (χ1) is 11.4. The first-order valence-electron chi connectivity index (χ1n) is 7.86. The maximum absolute atomic E-state index is 10.3. The van der Waals surface area contributed by atoms with Crippen LogP contribution in [0.25, 0.3) is 11.0 Å². The molecule has 0 spiro atoms. The average Bonchev–Trinajstić information content (AvgIpc) is 2.73. The van der Waals surface area contributed by atoms with Gasteiger partial charge in [-0.1, -0.05) is 25.4 Å². The Morgan fingerprint density at radius 1 is 1.38 bits per heavy atom. The zero-order chi connectivity index (χ0) is 17.4. The van der Waals surface area contributed by atoms with Crippen LogP contribution in [0, 0.1) is 12.8 Å². The minimum Gasteiger partial charge on any atom is -0.508 e. The van der Waals surface area contributed by atoms with Gasteiger partial charge in [-0.3, -0.25) is 4.99 Å². The van der Waals surface area contributed by atoms with Crippen LogP contribution < -0.4 is 5.73 Å². The number of aryl methyl sites for hydroxylation is 1. The van der Waals surface area contributed by atoms with Crippen LogP contribution in [0.1, 0.15) is 25.8 Å². The van der Waals surface area contributed by atoms with E-state index in [9.17, 15) is 5.11 Å². The molecule has 0 saturated heterocycles. The number of rotatable bonds is 3. The van der Waals surface area contributed by atoms with Gasteiger partial charge in [0, 0.05) is 23.9 Å². The van der Waals surface area contributed by atoms with E-state index >= 15 is 0 Å². The van der Waals surface area contributed by atoms with Gasteiger partial charge in [0.2, 0.25) is 5.95 Å². The van der Waals surface area contributed by atoms with Crippen molar-refractivity contribution in [1.82, 2.24) is 14.5 Å². The number of hydrogen-bond donors (Lipinski definition) is 2. The highest BCUT2D eigenvalue weighted by Crippen LogP contribution is 2.29. The Kier molecular flexibility index (Phi) is 4.32. The number of nitrogens with two attached hydrogens (primary N) is 1. The lowest BCUT2D eigenvalue weighted by Crippen LogP contribution is -2.05. The van der Waals surface area contributed by atoms with Crippen molar-refractivity contribution < 1.29 is 5.11 Å². The van der Waals surface area contributed by atoms with Crippen LogP contribution in [0.2, 0.25) is 5.15 Å². The summed E-state index contributed by atoms with van der Waals surface area (Å²) in [5, 5.41) is 11.5. The third kappa shape index (κ3) is 2.89. The Labute approximate surface area is 145 Å². The highest BCUT2D eigenvalue weighted by molar-refractivity contribution is 6.34. The third-order valence-electron chi connectivity index (χ3n) is 4.10. The van der Waals surface area contributed by atoms with Crippen molar-refractivity contribution in [2.75, 3.05) is 5.73 Å². The predicted molar refractivity (Wildman–Crippen MR) is 97.4 cm³/mol. The molecule has 7 heteroatoms. The second-order valence-corrected chi connectivity index (χ2v) is 6.34. The van der Waals surface area contributed by atoms with E-state index in [2.05, 4.69) is 15.0 Å². The van der Waals surface area contributed by atoms with E-state index in [1.165, 1.54) is 0 Å². The number of nitrogen functional groups attached to an aromatic ring is 1. The molecule has 126 valence electrons. The van der Waals surface area contributed by atoms with Gasteiger partial charge < -0.3 is 15.4 Å². The standard InChI is InChI=1S/C17H20ClN5O/c1-4-11-12(20-6-9(2)5-13(11)24)8-23-7-10(3)14-15(18)21-17(19)22-16(14)23/h5-7,9,24H,4,8H2,1-3H3,(H2,19,21,22). The zero-order valence-electron chi connectivity index (χ0n) is 13.9. The second kappa shape index (κ2) is 6.28. The van der Waals surface area contributed by atoms with E-state index in [0.29, 0.717) is 23.8 Å². The summed E-state index contributed by atoms with van der Waals surface area (Å²) in [5.41, 5.74) is 9.03. The maximum Gasteiger partial charge on any atom is 0.223 e. The summed E-state index contributed by atoms with van der Waals surface area (Å²) in [6, 6.07) is 0. The van der Waals surface area contributed by atoms with Crippen molar-refractivity contribution in [1.29, 1.82) is 0 Å². The lowest BCUT2D eigenvalue weighted by atomic mass is 10.1. The number of aromatic nitrogens is 3. The van der Waals surface area contributed by atoms with Crippen molar-refractivity contribution in [3.8, 4) is 0 Å². The molecule has 3 rings (SSSR count). The van der Waals surface area contributed by atoms with Gasteiger partial charge in [0.05, 0.1) is 17.6 Å². The molecule has 0 saturated carbocycles. The Morgan fingerprint density at radius 3 is 2.83 bits per heavy atom. The van der Waals surface area contributed by atoms with Crippen LogP contribution >= 0.6 is 11.6 Å². The van der Waals surface area contributed by atoms with Gasteiger partial charge in [-0.05, 0) is 25.0 Å². The van der Waals surface area contributed by atoms with Crippen LogP contribution in [0.4, 0.5) is 5.95 Å². The number of aliphatic hydroxyl groups excluding tert-OH is 1. The summed E-state index contributed by atoms with van der Waals surface area (Å²) in [4.78, 5) is 12.9. The van der Waals surface area contributed by atoms with E-state index in [-0.39, 0.29) is 17.6 Å². The Morgan fingerprint density at radius 2 is 2.12 bits per heavy atom. The van der Waals surface area contributed by atoms with Crippen LogP contribution in [0.15, 0.2) is 34.3 Å². The van der Waals surface area contributed by atoms with Crippen molar-refractivity contribution >= 4 is 34.8 Å². The molecule has 0 radical (unpaired) electrons. The van der Waals surface area contributed by atoms with Crippen molar-refractivity contribution in [3.63, 3.8) is 0 Å². The monoisotopic (exact) mass is 345 g/mol. The van der Waals surface area contributed by atoms with Gasteiger partial charge >= 0.3 is 0 Å². The predicted octanol–water partition coefficient (Wildman–Crippen LogP) is 3.80. The van der Waals surface area contributed by atoms with E-state index in [0.717, 1.165) is 22.2 Å². The number of anilines is 1. The van der Waals surface area contributed by atoms with Crippen LogP contribution in [-0.4, -0.2) is 25.9 Å². The van der Waals surface area contributed by atoms with Gasteiger partial charge in [0.25, 0.3) is 0 Å². The average molecular weight is 346 g/mol. The molecule has 24 heavy (non-hydrogen) atoms.